The van der Waals surface area contributed by atoms with E-state index < -0.39 is 5.97 Å². The Hall–Kier alpha value is -2.37. The van der Waals surface area contributed by atoms with Crippen molar-refractivity contribution in [3.8, 4) is 10.6 Å². The Morgan fingerprint density at radius 3 is 3.11 bits per heavy atom. The number of azide groups is 1. The second kappa shape index (κ2) is 5.99. The lowest BCUT2D eigenvalue weighted by atomic mass is 10.2. The quantitative estimate of drug-likeness (QED) is 0.366. The first-order chi connectivity index (χ1) is 9.26. The van der Waals surface area contributed by atoms with Crippen LogP contribution in [0, 0.1) is 0 Å². The zero-order valence-corrected chi connectivity index (χ0v) is 10.9. The standard InChI is InChI=1S/C12H10N4O2S/c1-2-18-12(17)8-7-14-10(6-9(8)15-16-13)11-4-3-5-19-11/h3-7H,2H2,1H3. The fourth-order valence-electron chi connectivity index (χ4n) is 1.50. The van der Waals surface area contributed by atoms with Gasteiger partial charge in [-0.15, -0.1) is 11.3 Å². The maximum atomic E-state index is 11.7. The predicted molar refractivity (Wildman–Crippen MR) is 72.3 cm³/mol. The van der Waals surface area contributed by atoms with Crippen LogP contribution in [0.2, 0.25) is 0 Å². The average Bonchev–Trinajstić information content (AvgIpc) is 2.93. The molecule has 0 aromatic carbocycles. The lowest BCUT2D eigenvalue weighted by molar-refractivity contribution is 0.0527. The summed E-state index contributed by atoms with van der Waals surface area (Å²) in [5.41, 5.74) is 9.61. The van der Waals surface area contributed by atoms with Crippen LogP contribution in [0.4, 0.5) is 5.69 Å². The van der Waals surface area contributed by atoms with Crippen molar-refractivity contribution >= 4 is 23.0 Å². The van der Waals surface area contributed by atoms with Crippen molar-refractivity contribution < 1.29 is 9.53 Å². The number of carbonyl (C=O) groups excluding carboxylic acids is 1. The highest BCUT2D eigenvalue weighted by Gasteiger charge is 2.14. The summed E-state index contributed by atoms with van der Waals surface area (Å²) >= 11 is 1.51. The maximum absolute atomic E-state index is 11.7. The Labute approximate surface area is 113 Å². The monoisotopic (exact) mass is 274 g/mol. The van der Waals surface area contributed by atoms with E-state index in [1.807, 2.05) is 17.5 Å². The highest BCUT2D eigenvalue weighted by molar-refractivity contribution is 7.13. The van der Waals surface area contributed by atoms with Crippen LogP contribution in [0.5, 0.6) is 0 Å². The lowest BCUT2D eigenvalue weighted by Crippen LogP contribution is -2.05. The number of hydrogen-bond donors (Lipinski definition) is 0. The average molecular weight is 274 g/mol. The van der Waals surface area contributed by atoms with Gasteiger partial charge in [0, 0.05) is 11.1 Å². The van der Waals surface area contributed by atoms with Gasteiger partial charge in [-0.2, -0.15) is 0 Å². The normalized spacial score (nSPS) is 9.74. The number of rotatable bonds is 4. The van der Waals surface area contributed by atoms with E-state index in [0.717, 1.165) is 4.88 Å². The summed E-state index contributed by atoms with van der Waals surface area (Å²) in [6, 6.07) is 5.38. The van der Waals surface area contributed by atoms with Crippen molar-refractivity contribution in [3.63, 3.8) is 0 Å². The van der Waals surface area contributed by atoms with E-state index in [0.29, 0.717) is 5.69 Å². The van der Waals surface area contributed by atoms with Gasteiger partial charge in [0.15, 0.2) is 0 Å². The van der Waals surface area contributed by atoms with Gasteiger partial charge in [-0.05, 0) is 30.0 Å². The van der Waals surface area contributed by atoms with E-state index >= 15 is 0 Å². The van der Waals surface area contributed by atoms with E-state index in [2.05, 4.69) is 15.0 Å². The van der Waals surface area contributed by atoms with Gasteiger partial charge in [0.2, 0.25) is 0 Å². The fourth-order valence-corrected chi connectivity index (χ4v) is 2.19. The van der Waals surface area contributed by atoms with E-state index in [4.69, 9.17) is 10.3 Å². The second-order valence-electron chi connectivity index (χ2n) is 3.47. The molecule has 0 aliphatic heterocycles. The Morgan fingerprint density at radius 1 is 1.63 bits per heavy atom. The van der Waals surface area contributed by atoms with Crippen molar-refractivity contribution in [2.75, 3.05) is 6.61 Å². The number of pyridine rings is 1. The van der Waals surface area contributed by atoms with Gasteiger partial charge >= 0.3 is 5.97 Å². The first kappa shape index (κ1) is 13.1. The molecule has 0 saturated heterocycles. The molecule has 0 radical (unpaired) electrons. The van der Waals surface area contributed by atoms with Gasteiger partial charge in [0.05, 0.1) is 28.4 Å². The minimum Gasteiger partial charge on any atom is -0.462 e. The van der Waals surface area contributed by atoms with Crippen LogP contribution in [0.25, 0.3) is 21.0 Å². The van der Waals surface area contributed by atoms with Crippen LogP contribution in [0.1, 0.15) is 17.3 Å². The molecule has 0 bridgehead atoms. The first-order valence-electron chi connectivity index (χ1n) is 5.52. The van der Waals surface area contributed by atoms with Crippen LogP contribution in [-0.2, 0) is 4.74 Å². The molecule has 0 saturated carbocycles. The van der Waals surface area contributed by atoms with E-state index in [1.165, 1.54) is 17.5 Å². The maximum Gasteiger partial charge on any atom is 0.340 e. The molecule has 0 spiro atoms. The highest BCUT2D eigenvalue weighted by Crippen LogP contribution is 2.28. The highest BCUT2D eigenvalue weighted by atomic mass is 32.1. The smallest absolute Gasteiger partial charge is 0.340 e. The zero-order valence-electron chi connectivity index (χ0n) is 10.1. The minimum absolute atomic E-state index is 0.167. The molecule has 2 heterocycles. The molecule has 0 aliphatic rings. The summed E-state index contributed by atoms with van der Waals surface area (Å²) in [6.07, 6.45) is 1.37. The number of nitrogens with zero attached hydrogens (tertiary/aromatic N) is 4. The van der Waals surface area contributed by atoms with E-state index in [1.54, 1.807) is 13.0 Å². The van der Waals surface area contributed by atoms with Crippen molar-refractivity contribution in [2.45, 2.75) is 6.92 Å². The molecular weight excluding hydrogens is 264 g/mol. The second-order valence-corrected chi connectivity index (χ2v) is 4.42. The third kappa shape index (κ3) is 2.90. The Morgan fingerprint density at radius 2 is 2.47 bits per heavy atom. The summed E-state index contributed by atoms with van der Waals surface area (Å²) in [7, 11) is 0. The first-order valence-corrected chi connectivity index (χ1v) is 6.40. The number of hydrogen-bond acceptors (Lipinski definition) is 5. The number of aromatic nitrogens is 1. The summed E-state index contributed by atoms with van der Waals surface area (Å²) < 4.78 is 4.89. The molecule has 2 aromatic rings. The molecule has 2 aromatic heterocycles. The summed E-state index contributed by atoms with van der Waals surface area (Å²) in [6.45, 7) is 1.96. The van der Waals surface area contributed by atoms with Crippen molar-refractivity contribution in [3.05, 3.63) is 45.8 Å². The molecule has 19 heavy (non-hydrogen) atoms. The SMILES string of the molecule is CCOC(=O)c1cnc(-c2cccs2)cc1N=[N+]=[N-]. The molecule has 6 nitrogen and oxygen atoms in total. The largest absolute Gasteiger partial charge is 0.462 e. The molecule has 0 atom stereocenters. The van der Waals surface area contributed by atoms with Gasteiger partial charge in [0.1, 0.15) is 0 Å². The van der Waals surface area contributed by atoms with Crippen LogP contribution in [-0.4, -0.2) is 17.6 Å². The lowest BCUT2D eigenvalue weighted by Gasteiger charge is -2.06. The third-order valence-electron chi connectivity index (χ3n) is 2.30. The van der Waals surface area contributed by atoms with Crippen molar-refractivity contribution in [1.29, 1.82) is 0 Å². The Balaban J connectivity index is 2.46. The molecular formula is C12H10N4O2S. The van der Waals surface area contributed by atoms with Gasteiger partial charge < -0.3 is 4.74 Å². The van der Waals surface area contributed by atoms with E-state index in [9.17, 15) is 4.79 Å². The number of esters is 1. The predicted octanol–water partition coefficient (Wildman–Crippen LogP) is 3.93. The molecule has 0 fully saturated rings. The van der Waals surface area contributed by atoms with Crippen LogP contribution in [0.15, 0.2) is 34.9 Å². The Bertz CT molecular complexity index is 633. The topological polar surface area (TPSA) is 88.0 Å². The van der Waals surface area contributed by atoms with Crippen molar-refractivity contribution in [2.24, 2.45) is 5.11 Å². The zero-order chi connectivity index (χ0) is 13.7. The fraction of sp³-hybridized carbons (Fsp3) is 0.167. The van der Waals surface area contributed by atoms with Crippen LogP contribution < -0.4 is 0 Å². The molecule has 0 unspecified atom stereocenters. The number of ether oxygens (including phenoxy) is 1. The Kier molecular flexibility index (Phi) is 4.12. The van der Waals surface area contributed by atoms with Crippen LogP contribution in [0.3, 0.4) is 0 Å². The van der Waals surface area contributed by atoms with E-state index in [-0.39, 0.29) is 17.9 Å². The molecule has 0 aliphatic carbocycles. The molecule has 2 rings (SSSR count). The molecule has 0 N–H and O–H groups in total. The summed E-state index contributed by atoms with van der Waals surface area (Å²) in [5, 5.41) is 5.44. The molecule has 96 valence electrons. The molecule has 0 amide bonds. The van der Waals surface area contributed by atoms with Gasteiger partial charge in [-0.25, -0.2) is 4.79 Å². The van der Waals surface area contributed by atoms with Gasteiger partial charge in [-0.3, -0.25) is 4.98 Å². The third-order valence-corrected chi connectivity index (χ3v) is 3.20. The minimum atomic E-state index is -0.546. The van der Waals surface area contributed by atoms with Gasteiger partial charge in [-0.1, -0.05) is 11.2 Å². The summed E-state index contributed by atoms with van der Waals surface area (Å²) in [5.74, 6) is -0.546. The van der Waals surface area contributed by atoms with Crippen molar-refractivity contribution in [1.82, 2.24) is 4.98 Å². The van der Waals surface area contributed by atoms with Gasteiger partial charge in [0.25, 0.3) is 0 Å². The number of carbonyl (C=O) groups is 1. The molecule has 7 heteroatoms. The number of thiophene rings is 1. The summed E-state index contributed by atoms with van der Waals surface area (Å²) in [4.78, 5) is 19.5. The van der Waals surface area contributed by atoms with Crippen LogP contribution >= 0.6 is 11.3 Å².